The largest absolute Gasteiger partial charge is 0.466 e. The molecule has 0 aromatic rings. The van der Waals surface area contributed by atoms with E-state index in [-0.39, 0.29) is 18.5 Å². The van der Waals surface area contributed by atoms with Crippen molar-refractivity contribution in [3.8, 4) is 0 Å². The van der Waals surface area contributed by atoms with Gasteiger partial charge in [-0.15, -0.1) is 0 Å². The number of carbonyl (C=O) groups is 2. The molecule has 0 bridgehead atoms. The van der Waals surface area contributed by atoms with Crippen LogP contribution in [-0.4, -0.2) is 47.4 Å². The standard InChI is InChI=1S/C65H125NO5/c1-3-5-7-9-11-13-15-17-19-20-28-31-35-39-43-47-51-55-59-65(70)71-60-56-52-48-44-40-36-32-29-26-24-22-21-23-25-27-30-34-38-42-46-50-54-58-64(69)66-62(61-67)63(68)57-53-49-45-41-37-33-18-16-14-12-10-8-6-4-2/h19-20,23,25,62-63,67-68H,3-18,21-22,24,26-61H2,1-2H3,(H,66,69)/b20-19-,25-23-. The van der Waals surface area contributed by atoms with Gasteiger partial charge in [-0.3, -0.25) is 9.59 Å². The predicted molar refractivity (Wildman–Crippen MR) is 310 cm³/mol. The SMILES string of the molecule is CCCCCCCCC/C=C\CCCCCCCCCC(=O)OCCCCCCCCCCCCC/C=C\CCCCCCCCCC(=O)NC(CO)C(O)CCCCCCCCCCCCCCCC. The van der Waals surface area contributed by atoms with Gasteiger partial charge in [-0.2, -0.15) is 0 Å². The number of ether oxygens (including phenoxy) is 1. The molecule has 0 aliphatic carbocycles. The number of carbonyl (C=O) groups excluding carboxylic acids is 2. The normalized spacial score (nSPS) is 12.7. The highest BCUT2D eigenvalue weighted by Crippen LogP contribution is 2.18. The number of nitrogens with one attached hydrogen (secondary N) is 1. The highest BCUT2D eigenvalue weighted by molar-refractivity contribution is 5.76. The average Bonchev–Trinajstić information content (AvgIpc) is 3.37. The molecule has 0 aromatic heterocycles. The maximum atomic E-state index is 12.5. The Morgan fingerprint density at radius 2 is 0.662 bits per heavy atom. The number of aliphatic hydroxyl groups excluding tert-OH is 2. The zero-order valence-electron chi connectivity index (χ0n) is 48.0. The summed E-state index contributed by atoms with van der Waals surface area (Å²) in [5, 5.41) is 23.3. The minimum absolute atomic E-state index is 0.00756. The molecule has 0 aromatic carbocycles. The molecule has 0 heterocycles. The summed E-state index contributed by atoms with van der Waals surface area (Å²) in [5.41, 5.74) is 0. The molecule has 420 valence electrons. The fourth-order valence-corrected chi connectivity index (χ4v) is 10.0. The molecular formula is C65H125NO5. The molecule has 0 rings (SSSR count). The van der Waals surface area contributed by atoms with E-state index < -0.39 is 12.1 Å². The first-order chi connectivity index (χ1) is 35.0. The number of hydrogen-bond acceptors (Lipinski definition) is 5. The lowest BCUT2D eigenvalue weighted by Gasteiger charge is -2.22. The maximum absolute atomic E-state index is 12.5. The van der Waals surface area contributed by atoms with Crippen LogP contribution in [0.4, 0.5) is 0 Å². The van der Waals surface area contributed by atoms with Gasteiger partial charge in [-0.1, -0.05) is 289 Å². The Kier molecular flexibility index (Phi) is 59.5. The first-order valence-electron chi connectivity index (χ1n) is 32.1. The summed E-state index contributed by atoms with van der Waals surface area (Å²) in [4.78, 5) is 24.6. The minimum Gasteiger partial charge on any atom is -0.466 e. The zero-order chi connectivity index (χ0) is 51.4. The molecule has 0 aliphatic rings. The summed E-state index contributed by atoms with van der Waals surface area (Å²) in [7, 11) is 0. The summed E-state index contributed by atoms with van der Waals surface area (Å²) >= 11 is 0. The molecule has 6 heteroatoms. The fraction of sp³-hybridized carbons (Fsp3) is 0.908. The second-order valence-corrected chi connectivity index (χ2v) is 22.1. The van der Waals surface area contributed by atoms with E-state index in [1.807, 2.05) is 0 Å². The fourth-order valence-electron chi connectivity index (χ4n) is 10.0. The molecule has 0 spiro atoms. The van der Waals surface area contributed by atoms with Gasteiger partial charge in [0, 0.05) is 12.8 Å². The van der Waals surface area contributed by atoms with E-state index in [0.717, 1.165) is 44.9 Å². The van der Waals surface area contributed by atoms with Gasteiger partial charge in [-0.25, -0.2) is 0 Å². The molecule has 0 aliphatic heterocycles. The number of esters is 1. The molecule has 0 fully saturated rings. The molecule has 71 heavy (non-hydrogen) atoms. The van der Waals surface area contributed by atoms with Crippen LogP contribution in [0.15, 0.2) is 24.3 Å². The number of unbranched alkanes of at least 4 members (excludes halogenated alkanes) is 45. The van der Waals surface area contributed by atoms with Crippen molar-refractivity contribution >= 4 is 11.9 Å². The lowest BCUT2D eigenvalue weighted by atomic mass is 10.0. The summed E-state index contributed by atoms with van der Waals surface area (Å²) in [6.07, 6.45) is 74.8. The van der Waals surface area contributed by atoms with Gasteiger partial charge < -0.3 is 20.3 Å². The van der Waals surface area contributed by atoms with Gasteiger partial charge in [0.25, 0.3) is 0 Å². The topological polar surface area (TPSA) is 95.9 Å². The number of amides is 1. The smallest absolute Gasteiger partial charge is 0.305 e. The van der Waals surface area contributed by atoms with Crippen molar-refractivity contribution in [2.45, 2.75) is 366 Å². The quantitative estimate of drug-likeness (QED) is 0.0320. The van der Waals surface area contributed by atoms with Crippen LogP contribution in [0, 0.1) is 0 Å². The van der Waals surface area contributed by atoms with Gasteiger partial charge in [0.1, 0.15) is 0 Å². The van der Waals surface area contributed by atoms with E-state index in [2.05, 4.69) is 43.5 Å². The molecular weight excluding hydrogens is 875 g/mol. The van der Waals surface area contributed by atoms with Crippen molar-refractivity contribution in [3.63, 3.8) is 0 Å². The summed E-state index contributed by atoms with van der Waals surface area (Å²) < 4.78 is 5.50. The third-order valence-electron chi connectivity index (χ3n) is 15.0. The Hall–Kier alpha value is -1.66. The predicted octanol–water partition coefficient (Wildman–Crippen LogP) is 20.2. The second-order valence-electron chi connectivity index (χ2n) is 22.1. The van der Waals surface area contributed by atoms with E-state index >= 15 is 0 Å². The molecule has 1 amide bonds. The van der Waals surface area contributed by atoms with Crippen LogP contribution in [-0.2, 0) is 14.3 Å². The Balaban J connectivity index is 3.39. The van der Waals surface area contributed by atoms with E-state index in [0.29, 0.717) is 25.9 Å². The zero-order valence-corrected chi connectivity index (χ0v) is 48.0. The van der Waals surface area contributed by atoms with E-state index in [4.69, 9.17) is 4.74 Å². The van der Waals surface area contributed by atoms with E-state index in [9.17, 15) is 19.8 Å². The third-order valence-corrected chi connectivity index (χ3v) is 15.0. The Bertz CT molecular complexity index is 1110. The van der Waals surface area contributed by atoms with Gasteiger partial charge in [-0.05, 0) is 77.0 Å². The number of rotatable bonds is 60. The molecule has 0 saturated heterocycles. The molecule has 0 radical (unpaired) electrons. The Morgan fingerprint density at radius 3 is 1.00 bits per heavy atom. The van der Waals surface area contributed by atoms with Crippen LogP contribution in [0.5, 0.6) is 0 Å². The van der Waals surface area contributed by atoms with Crippen molar-refractivity contribution in [3.05, 3.63) is 24.3 Å². The van der Waals surface area contributed by atoms with Crippen LogP contribution in [0.3, 0.4) is 0 Å². The van der Waals surface area contributed by atoms with E-state index in [1.54, 1.807) is 0 Å². The van der Waals surface area contributed by atoms with Gasteiger partial charge in [0.05, 0.1) is 25.4 Å². The highest BCUT2D eigenvalue weighted by Gasteiger charge is 2.20. The van der Waals surface area contributed by atoms with Gasteiger partial charge >= 0.3 is 5.97 Å². The van der Waals surface area contributed by atoms with Gasteiger partial charge in [0.2, 0.25) is 5.91 Å². The van der Waals surface area contributed by atoms with Crippen molar-refractivity contribution < 1.29 is 24.5 Å². The first-order valence-corrected chi connectivity index (χ1v) is 32.1. The summed E-state index contributed by atoms with van der Waals surface area (Å²) in [6.45, 7) is 4.96. The Labute approximate surface area is 443 Å². The Morgan fingerprint density at radius 1 is 0.380 bits per heavy atom. The minimum atomic E-state index is -0.668. The average molecular weight is 1000 g/mol. The lowest BCUT2D eigenvalue weighted by molar-refractivity contribution is -0.143. The highest BCUT2D eigenvalue weighted by atomic mass is 16.5. The summed E-state index contributed by atoms with van der Waals surface area (Å²) in [5.74, 6) is -0.0329. The third kappa shape index (κ3) is 57.5. The van der Waals surface area contributed by atoms with Crippen molar-refractivity contribution in [1.82, 2.24) is 5.32 Å². The number of aliphatic hydroxyl groups is 2. The van der Waals surface area contributed by atoms with Crippen molar-refractivity contribution in [1.29, 1.82) is 0 Å². The number of hydrogen-bond donors (Lipinski definition) is 3. The number of allylic oxidation sites excluding steroid dienone is 4. The van der Waals surface area contributed by atoms with Gasteiger partial charge in [0.15, 0.2) is 0 Å². The van der Waals surface area contributed by atoms with Crippen LogP contribution in [0.2, 0.25) is 0 Å². The van der Waals surface area contributed by atoms with Crippen molar-refractivity contribution in [2.24, 2.45) is 0 Å². The van der Waals surface area contributed by atoms with Crippen LogP contribution in [0.1, 0.15) is 354 Å². The van der Waals surface area contributed by atoms with Crippen LogP contribution in [0.25, 0.3) is 0 Å². The first kappa shape index (κ1) is 69.3. The summed E-state index contributed by atoms with van der Waals surface area (Å²) in [6, 6.07) is -0.546. The molecule has 3 N–H and O–H groups in total. The van der Waals surface area contributed by atoms with Crippen molar-refractivity contribution in [2.75, 3.05) is 13.2 Å². The maximum Gasteiger partial charge on any atom is 0.305 e. The lowest BCUT2D eigenvalue weighted by Crippen LogP contribution is -2.45. The van der Waals surface area contributed by atoms with Crippen LogP contribution < -0.4 is 5.32 Å². The van der Waals surface area contributed by atoms with Crippen LogP contribution >= 0.6 is 0 Å². The monoisotopic (exact) mass is 1000 g/mol. The molecule has 0 saturated carbocycles. The van der Waals surface area contributed by atoms with E-state index in [1.165, 1.54) is 276 Å². The second kappa shape index (κ2) is 60.9. The molecule has 6 nitrogen and oxygen atoms in total. The molecule has 2 unspecified atom stereocenters. The molecule has 2 atom stereocenters.